The number of halogens is 3. The summed E-state index contributed by atoms with van der Waals surface area (Å²) in [6, 6.07) is 16.8. The minimum absolute atomic E-state index is 0.0972. The Morgan fingerprint density at radius 3 is 2.52 bits per heavy atom. The lowest BCUT2D eigenvalue weighted by atomic mass is 9.97. The van der Waals surface area contributed by atoms with Crippen LogP contribution in [0.5, 0.6) is 0 Å². The van der Waals surface area contributed by atoms with E-state index >= 15 is 4.39 Å². The van der Waals surface area contributed by atoms with Gasteiger partial charge in [0.25, 0.3) is 5.91 Å². The fourth-order valence-corrected chi connectivity index (χ4v) is 5.36. The van der Waals surface area contributed by atoms with Gasteiger partial charge in [-0.3, -0.25) is 19.1 Å². The number of rotatable bonds is 7. The van der Waals surface area contributed by atoms with Crippen LogP contribution in [0.25, 0.3) is 22.0 Å². The molecule has 4 aromatic rings. The molecule has 1 aromatic heterocycles. The highest BCUT2D eigenvalue weighted by molar-refractivity contribution is 6.33. The zero-order valence-electron chi connectivity index (χ0n) is 21.0. The van der Waals surface area contributed by atoms with E-state index in [1.165, 1.54) is 12.1 Å². The first kappa shape index (κ1) is 27.0. The molecule has 0 bridgehead atoms. The number of hydrogen-bond acceptors (Lipinski definition) is 5. The molecule has 0 spiro atoms. The van der Waals surface area contributed by atoms with Crippen LogP contribution < -0.4 is 5.73 Å². The van der Waals surface area contributed by atoms with Crippen LogP contribution in [0, 0.1) is 17.1 Å². The summed E-state index contributed by atoms with van der Waals surface area (Å²) in [4.78, 5) is 39.7. The van der Waals surface area contributed by atoms with Crippen molar-refractivity contribution in [3.63, 3.8) is 0 Å². The Morgan fingerprint density at radius 2 is 1.80 bits per heavy atom. The predicted octanol–water partition coefficient (Wildman–Crippen LogP) is 4.22. The van der Waals surface area contributed by atoms with Crippen molar-refractivity contribution in [2.24, 2.45) is 5.73 Å². The van der Waals surface area contributed by atoms with Crippen molar-refractivity contribution < 1.29 is 23.2 Å². The van der Waals surface area contributed by atoms with Gasteiger partial charge in [-0.2, -0.15) is 10.4 Å². The van der Waals surface area contributed by atoms with E-state index in [0.29, 0.717) is 16.0 Å². The van der Waals surface area contributed by atoms with E-state index in [9.17, 15) is 24.0 Å². The number of primary amides is 1. The van der Waals surface area contributed by atoms with E-state index in [1.807, 2.05) is 6.07 Å². The Bertz CT molecular complexity index is 1710. The molecular formula is C29H22ClF2N5O3. The lowest BCUT2D eigenvalue weighted by Crippen LogP contribution is -2.43. The fourth-order valence-electron chi connectivity index (χ4n) is 5.12. The summed E-state index contributed by atoms with van der Waals surface area (Å²) in [7, 11) is 0. The topological polar surface area (TPSA) is 122 Å². The van der Waals surface area contributed by atoms with Crippen LogP contribution >= 0.6 is 11.6 Å². The van der Waals surface area contributed by atoms with Crippen molar-refractivity contribution in [3.8, 4) is 17.2 Å². The predicted molar refractivity (Wildman–Crippen MR) is 144 cm³/mol. The number of nitriles is 1. The van der Waals surface area contributed by atoms with Gasteiger partial charge in [0.15, 0.2) is 11.5 Å². The fraction of sp³-hybridized carbons (Fsp3) is 0.207. The second-order valence-electron chi connectivity index (χ2n) is 9.48. The van der Waals surface area contributed by atoms with Crippen molar-refractivity contribution in [3.05, 3.63) is 88.3 Å². The molecule has 1 aliphatic rings. The lowest BCUT2D eigenvalue weighted by Gasteiger charge is -2.24. The molecule has 202 valence electrons. The number of para-hydroxylation sites is 1. The highest BCUT2D eigenvalue weighted by atomic mass is 35.5. The monoisotopic (exact) mass is 561 g/mol. The molecule has 1 aliphatic heterocycles. The molecule has 1 saturated heterocycles. The van der Waals surface area contributed by atoms with Crippen LogP contribution in [0.1, 0.15) is 28.0 Å². The number of amides is 2. The van der Waals surface area contributed by atoms with Gasteiger partial charge in [-0.05, 0) is 17.7 Å². The highest BCUT2D eigenvalue weighted by Crippen LogP contribution is 2.32. The highest BCUT2D eigenvalue weighted by Gasteiger charge is 2.40. The Hall–Kier alpha value is -4.62. The number of fused-ring (bicyclic) bond motifs is 1. The number of hydrogen-bond donors (Lipinski definition) is 1. The number of ketones is 1. The average molecular weight is 562 g/mol. The van der Waals surface area contributed by atoms with Crippen LogP contribution in [0.4, 0.5) is 8.78 Å². The van der Waals surface area contributed by atoms with Crippen molar-refractivity contribution in [1.82, 2.24) is 14.7 Å². The summed E-state index contributed by atoms with van der Waals surface area (Å²) in [6.45, 7) is -0.792. The van der Waals surface area contributed by atoms with E-state index in [0.717, 1.165) is 9.58 Å². The van der Waals surface area contributed by atoms with Crippen LogP contribution in [0.2, 0.25) is 5.02 Å². The Balaban J connectivity index is 1.41. The van der Waals surface area contributed by atoms with Gasteiger partial charge in [0.05, 0.1) is 23.7 Å². The summed E-state index contributed by atoms with van der Waals surface area (Å²) in [5.41, 5.74) is 6.49. The first-order valence-corrected chi connectivity index (χ1v) is 12.7. The maximum atomic E-state index is 15.5. The zero-order chi connectivity index (χ0) is 28.6. The molecule has 11 heteroatoms. The molecule has 8 nitrogen and oxygen atoms in total. The molecule has 2 amide bonds. The molecule has 40 heavy (non-hydrogen) atoms. The van der Waals surface area contributed by atoms with Gasteiger partial charge in [-0.1, -0.05) is 60.1 Å². The molecule has 0 unspecified atom stereocenters. The van der Waals surface area contributed by atoms with Gasteiger partial charge < -0.3 is 10.6 Å². The number of aromatic nitrogens is 2. The number of carbonyl (C=O) groups is 3. The summed E-state index contributed by atoms with van der Waals surface area (Å²) in [5, 5.41) is 14.3. The summed E-state index contributed by atoms with van der Waals surface area (Å²) in [5.74, 6) is -2.63. The smallest absolute Gasteiger partial charge is 0.269 e. The number of nitrogens with two attached hydrogens (primary N) is 1. The number of nitrogens with zero attached hydrogens (tertiary/aromatic N) is 4. The van der Waals surface area contributed by atoms with E-state index < -0.39 is 42.2 Å². The van der Waals surface area contributed by atoms with E-state index in [1.54, 1.807) is 48.5 Å². The van der Waals surface area contributed by atoms with Crippen LogP contribution in [0.15, 0.2) is 60.7 Å². The molecule has 1 fully saturated rings. The first-order chi connectivity index (χ1) is 19.2. The minimum Gasteiger partial charge on any atom is -0.364 e. The molecular weight excluding hydrogens is 540 g/mol. The van der Waals surface area contributed by atoms with E-state index in [-0.39, 0.29) is 47.3 Å². The van der Waals surface area contributed by atoms with Crippen LogP contribution in [-0.4, -0.2) is 51.0 Å². The maximum Gasteiger partial charge on any atom is 0.269 e. The number of alkyl halides is 1. The van der Waals surface area contributed by atoms with E-state index in [4.69, 9.17) is 17.3 Å². The van der Waals surface area contributed by atoms with Crippen molar-refractivity contribution in [2.45, 2.75) is 31.6 Å². The van der Waals surface area contributed by atoms with Crippen molar-refractivity contribution in [1.29, 1.82) is 5.26 Å². The van der Waals surface area contributed by atoms with Gasteiger partial charge in [-0.15, -0.1) is 0 Å². The van der Waals surface area contributed by atoms with E-state index in [2.05, 4.69) is 5.10 Å². The first-order valence-electron chi connectivity index (χ1n) is 12.4. The normalized spacial score (nSPS) is 16.7. The third-order valence-corrected chi connectivity index (χ3v) is 7.29. The zero-order valence-corrected chi connectivity index (χ0v) is 21.7. The van der Waals surface area contributed by atoms with Crippen LogP contribution in [-0.2, 0) is 22.6 Å². The Kier molecular flexibility index (Phi) is 7.32. The molecule has 2 atom stereocenters. The standard InChI is InChI=1S/C29H22ClF2N5O3/c30-22-10-2-1-7-19(22)20-8-3-5-16(26(20)32)11-24(38)23-12-18(31)14-36(23)25(39)15-37-28-17(13-33)6-4-9-21(28)27(35-37)29(34)40/h1-10,18,23H,11-12,14-15H2,(H2,34,40)/t18-,23+/m1/s1. The number of Topliss-reactive ketones (excluding diaryl/α,β-unsaturated/α-hetero) is 1. The maximum absolute atomic E-state index is 15.5. The Labute approximate surface area is 232 Å². The third kappa shape index (κ3) is 4.92. The largest absolute Gasteiger partial charge is 0.364 e. The quantitative estimate of drug-likeness (QED) is 0.362. The molecule has 2 heterocycles. The van der Waals surface area contributed by atoms with Crippen LogP contribution in [0.3, 0.4) is 0 Å². The molecule has 0 saturated carbocycles. The summed E-state index contributed by atoms with van der Waals surface area (Å²) < 4.78 is 31.2. The lowest BCUT2D eigenvalue weighted by molar-refractivity contribution is -0.138. The average Bonchev–Trinajstić information content (AvgIpc) is 3.51. The second kappa shape index (κ2) is 10.9. The SMILES string of the molecule is N#Cc1cccc2c(C(N)=O)nn(CC(=O)N3C[C@H](F)C[C@H]3C(=O)Cc3cccc(-c4ccccc4Cl)c3F)c12. The minimum atomic E-state index is -1.46. The molecule has 2 N–H and O–H groups in total. The van der Waals surface area contributed by atoms with Gasteiger partial charge in [0.1, 0.15) is 24.6 Å². The molecule has 3 aromatic carbocycles. The summed E-state index contributed by atoms with van der Waals surface area (Å²) >= 11 is 6.23. The Morgan fingerprint density at radius 1 is 1.07 bits per heavy atom. The molecule has 0 radical (unpaired) electrons. The van der Waals surface area contributed by atoms with Gasteiger partial charge >= 0.3 is 0 Å². The summed E-state index contributed by atoms with van der Waals surface area (Å²) in [6.07, 6.45) is -2.05. The second-order valence-corrected chi connectivity index (χ2v) is 9.89. The van der Waals surface area contributed by atoms with Crippen molar-refractivity contribution >= 4 is 40.1 Å². The van der Waals surface area contributed by atoms with Gasteiger partial charge in [0, 0.05) is 34.4 Å². The van der Waals surface area contributed by atoms with Gasteiger partial charge in [0.2, 0.25) is 5.91 Å². The molecule has 0 aliphatic carbocycles. The molecule has 5 rings (SSSR count). The number of likely N-dealkylation sites (tertiary alicyclic amines) is 1. The number of benzene rings is 3. The third-order valence-electron chi connectivity index (χ3n) is 6.96. The van der Waals surface area contributed by atoms with Gasteiger partial charge in [-0.25, -0.2) is 8.78 Å². The number of carbonyl (C=O) groups excluding carboxylic acids is 3. The van der Waals surface area contributed by atoms with Crippen molar-refractivity contribution in [2.75, 3.05) is 6.54 Å².